The predicted octanol–water partition coefficient (Wildman–Crippen LogP) is -1.79. The second-order valence-electron chi connectivity index (χ2n) is 6.78. The maximum absolute atomic E-state index is 13.5. The van der Waals surface area contributed by atoms with Crippen LogP contribution < -0.4 is 33.1 Å². The maximum Gasteiger partial charge on any atom is 0.332 e. The van der Waals surface area contributed by atoms with E-state index in [0.29, 0.717) is 39.0 Å². The standard InChI is InChI=1S/C16H20N6O5S/c1-19-13(23)9(11-17-5-3-7-21(11)15(19)25)28(27)10-12-18-6-4-8-22(12)16(26)20(2)14(10)24/h17-18H,3-8H2,1-2H3. The molecule has 2 N–H and O–H groups in total. The van der Waals surface area contributed by atoms with E-state index in [1.165, 1.54) is 23.2 Å². The number of aromatic nitrogens is 4. The summed E-state index contributed by atoms with van der Waals surface area (Å²) in [6.07, 6.45) is 1.35. The minimum absolute atomic E-state index is 0.160. The highest BCUT2D eigenvalue weighted by Gasteiger charge is 2.31. The molecule has 0 atom stereocenters. The Hall–Kier alpha value is -2.89. The number of nitrogens with one attached hydrogen (secondary N) is 2. The van der Waals surface area contributed by atoms with Crippen LogP contribution in [0.5, 0.6) is 0 Å². The lowest BCUT2D eigenvalue weighted by atomic mass is 10.3. The molecule has 0 radical (unpaired) electrons. The molecule has 12 heteroatoms. The highest BCUT2D eigenvalue weighted by atomic mass is 32.2. The molecule has 0 spiro atoms. The number of rotatable bonds is 2. The van der Waals surface area contributed by atoms with Gasteiger partial charge in [0.1, 0.15) is 22.4 Å². The minimum Gasteiger partial charge on any atom is -0.370 e. The topological polar surface area (TPSA) is 129 Å². The van der Waals surface area contributed by atoms with E-state index in [1.807, 2.05) is 0 Å². The van der Waals surface area contributed by atoms with Crippen LogP contribution in [0, 0.1) is 0 Å². The second-order valence-corrected chi connectivity index (χ2v) is 8.14. The largest absolute Gasteiger partial charge is 0.370 e. The van der Waals surface area contributed by atoms with E-state index in [1.54, 1.807) is 0 Å². The molecule has 4 rings (SSSR count). The molecule has 2 aliphatic rings. The van der Waals surface area contributed by atoms with Gasteiger partial charge in [-0.2, -0.15) is 0 Å². The number of hydrogen-bond donors (Lipinski definition) is 2. The quantitative estimate of drug-likeness (QED) is 0.600. The maximum atomic E-state index is 13.5. The number of anilines is 2. The van der Waals surface area contributed by atoms with Gasteiger partial charge >= 0.3 is 11.4 Å². The van der Waals surface area contributed by atoms with Crippen molar-refractivity contribution in [3.05, 3.63) is 41.7 Å². The molecular weight excluding hydrogens is 388 g/mol. The molecule has 0 aliphatic carbocycles. The van der Waals surface area contributed by atoms with E-state index in [2.05, 4.69) is 10.6 Å². The van der Waals surface area contributed by atoms with E-state index < -0.39 is 33.3 Å². The van der Waals surface area contributed by atoms with E-state index in [9.17, 15) is 23.4 Å². The number of hydrogen-bond acceptors (Lipinski definition) is 7. The van der Waals surface area contributed by atoms with Crippen LogP contribution in [0.2, 0.25) is 0 Å². The molecule has 28 heavy (non-hydrogen) atoms. The van der Waals surface area contributed by atoms with Gasteiger partial charge < -0.3 is 10.6 Å². The lowest BCUT2D eigenvalue weighted by Crippen LogP contribution is -2.46. The third-order valence-corrected chi connectivity index (χ3v) is 6.55. The Morgan fingerprint density at radius 2 is 1.14 bits per heavy atom. The van der Waals surface area contributed by atoms with Crippen molar-refractivity contribution in [3.63, 3.8) is 0 Å². The van der Waals surface area contributed by atoms with Crippen LogP contribution in [0.25, 0.3) is 0 Å². The Labute approximate surface area is 160 Å². The summed E-state index contributed by atoms with van der Waals surface area (Å²) >= 11 is 0. The Bertz CT molecular complexity index is 1160. The fourth-order valence-electron chi connectivity index (χ4n) is 3.57. The average Bonchev–Trinajstić information content (AvgIpc) is 2.71. The zero-order valence-electron chi connectivity index (χ0n) is 15.5. The third-order valence-electron chi connectivity index (χ3n) is 5.08. The SMILES string of the molecule is Cn1c(=O)c(S(=O)c2c3n(c(=O)n(C)c2=O)CCCN3)c2n(c1=O)CCCN2. The van der Waals surface area contributed by atoms with Crippen LogP contribution in [0.4, 0.5) is 11.6 Å². The zero-order valence-corrected chi connectivity index (χ0v) is 16.3. The van der Waals surface area contributed by atoms with Crippen LogP contribution in [0.1, 0.15) is 12.8 Å². The Kier molecular flexibility index (Phi) is 4.37. The van der Waals surface area contributed by atoms with Gasteiger partial charge in [0.05, 0.1) is 0 Å². The van der Waals surface area contributed by atoms with Crippen molar-refractivity contribution in [3.8, 4) is 0 Å². The molecule has 0 saturated carbocycles. The van der Waals surface area contributed by atoms with Gasteiger partial charge in [-0.3, -0.25) is 27.9 Å². The predicted molar refractivity (Wildman–Crippen MR) is 103 cm³/mol. The molecule has 150 valence electrons. The van der Waals surface area contributed by atoms with Gasteiger partial charge in [0.15, 0.2) is 9.79 Å². The van der Waals surface area contributed by atoms with E-state index in [-0.39, 0.29) is 21.4 Å². The molecular formula is C16H20N6O5S. The summed E-state index contributed by atoms with van der Waals surface area (Å²) in [7, 11) is 0.431. The normalized spacial score (nSPS) is 15.5. The Morgan fingerprint density at radius 1 is 0.750 bits per heavy atom. The summed E-state index contributed by atoms with van der Waals surface area (Å²) < 4.78 is 18.0. The van der Waals surface area contributed by atoms with Gasteiger partial charge in [-0.25, -0.2) is 13.8 Å². The lowest BCUT2D eigenvalue weighted by Gasteiger charge is -2.25. The van der Waals surface area contributed by atoms with E-state index >= 15 is 0 Å². The van der Waals surface area contributed by atoms with Crippen LogP contribution in [0.15, 0.2) is 29.0 Å². The fraction of sp³-hybridized carbons (Fsp3) is 0.500. The van der Waals surface area contributed by atoms with Crippen molar-refractivity contribution in [2.75, 3.05) is 23.7 Å². The lowest BCUT2D eigenvalue weighted by molar-refractivity contribution is 0.541. The molecule has 0 aromatic carbocycles. The van der Waals surface area contributed by atoms with Crippen LogP contribution in [-0.2, 0) is 38.0 Å². The first-order chi connectivity index (χ1) is 13.3. The number of nitrogens with zero attached hydrogens (tertiary/aromatic N) is 4. The van der Waals surface area contributed by atoms with Gasteiger partial charge in [-0.1, -0.05) is 0 Å². The van der Waals surface area contributed by atoms with E-state index in [0.717, 1.165) is 9.13 Å². The first-order valence-corrected chi connectivity index (χ1v) is 10.1. The summed E-state index contributed by atoms with van der Waals surface area (Å²) in [5.41, 5.74) is -2.48. The first-order valence-electron chi connectivity index (χ1n) is 8.91. The molecule has 0 fully saturated rings. The highest BCUT2D eigenvalue weighted by Crippen LogP contribution is 2.25. The molecule has 0 saturated heterocycles. The summed E-state index contributed by atoms with van der Waals surface area (Å²) in [5.74, 6) is 0.334. The molecule has 0 bridgehead atoms. The van der Waals surface area contributed by atoms with Crippen LogP contribution in [0.3, 0.4) is 0 Å². The monoisotopic (exact) mass is 408 g/mol. The molecule has 4 heterocycles. The second kappa shape index (κ2) is 6.62. The van der Waals surface area contributed by atoms with Gasteiger partial charge in [-0.05, 0) is 12.8 Å². The van der Waals surface area contributed by atoms with Crippen molar-refractivity contribution >= 4 is 22.4 Å². The average molecular weight is 408 g/mol. The fourth-order valence-corrected chi connectivity index (χ4v) is 5.08. The van der Waals surface area contributed by atoms with E-state index in [4.69, 9.17) is 0 Å². The summed E-state index contributed by atoms with van der Waals surface area (Å²) in [5, 5.41) is 5.95. The highest BCUT2D eigenvalue weighted by molar-refractivity contribution is 7.85. The number of fused-ring (bicyclic) bond motifs is 2. The molecule has 11 nitrogen and oxygen atoms in total. The van der Waals surface area contributed by atoms with Crippen molar-refractivity contribution in [1.29, 1.82) is 0 Å². The summed E-state index contributed by atoms with van der Waals surface area (Å²) in [6, 6.07) is 0. The molecule has 2 aromatic rings. The van der Waals surface area contributed by atoms with Crippen LogP contribution in [-0.4, -0.2) is 35.6 Å². The summed E-state index contributed by atoms with van der Waals surface area (Å²) in [4.78, 5) is 50.1. The molecule has 2 aromatic heterocycles. The Morgan fingerprint density at radius 3 is 1.54 bits per heavy atom. The van der Waals surface area contributed by atoms with Crippen molar-refractivity contribution in [1.82, 2.24) is 18.3 Å². The smallest absolute Gasteiger partial charge is 0.332 e. The molecule has 0 unspecified atom stereocenters. The van der Waals surface area contributed by atoms with Crippen molar-refractivity contribution in [2.24, 2.45) is 14.1 Å². The summed E-state index contributed by atoms with van der Waals surface area (Å²) in [6.45, 7) is 1.78. The van der Waals surface area contributed by atoms with Crippen LogP contribution >= 0.6 is 0 Å². The molecule has 0 amide bonds. The zero-order chi connectivity index (χ0) is 20.2. The molecule has 2 aliphatic heterocycles. The van der Waals surface area contributed by atoms with Gasteiger partial charge in [-0.15, -0.1) is 0 Å². The van der Waals surface area contributed by atoms with Gasteiger partial charge in [0, 0.05) is 40.3 Å². The first kappa shape index (κ1) is 18.5. The van der Waals surface area contributed by atoms with Gasteiger partial charge in [0.2, 0.25) is 0 Å². The third kappa shape index (κ3) is 2.51. The van der Waals surface area contributed by atoms with Crippen molar-refractivity contribution in [2.45, 2.75) is 35.7 Å². The van der Waals surface area contributed by atoms with Gasteiger partial charge in [0.25, 0.3) is 11.1 Å². The van der Waals surface area contributed by atoms with Crippen molar-refractivity contribution < 1.29 is 4.21 Å². The Balaban J connectivity index is 2.06. The minimum atomic E-state index is -2.20.